The summed E-state index contributed by atoms with van der Waals surface area (Å²) >= 11 is 5.91. The van der Waals surface area contributed by atoms with E-state index < -0.39 is 16.2 Å². The average molecular weight is 389 g/mol. The molecule has 140 valence electrons. The molecule has 0 aliphatic carbocycles. The SMILES string of the molecule is Cc1cc(Cl)ccc1OCCCNc1nc2ccccn2c(=O)c1[N+](=O)[O-]. The van der Waals surface area contributed by atoms with Gasteiger partial charge in [0, 0.05) is 17.8 Å². The van der Waals surface area contributed by atoms with Gasteiger partial charge in [0.15, 0.2) is 0 Å². The highest BCUT2D eigenvalue weighted by Crippen LogP contribution is 2.22. The minimum Gasteiger partial charge on any atom is -0.493 e. The van der Waals surface area contributed by atoms with Crippen molar-refractivity contribution in [1.29, 1.82) is 0 Å². The number of nitro groups is 1. The van der Waals surface area contributed by atoms with Crippen LogP contribution in [-0.2, 0) is 0 Å². The van der Waals surface area contributed by atoms with Crippen LogP contribution in [0.1, 0.15) is 12.0 Å². The van der Waals surface area contributed by atoms with E-state index in [0.717, 1.165) is 15.7 Å². The van der Waals surface area contributed by atoms with Crippen LogP contribution in [0.4, 0.5) is 11.5 Å². The zero-order valence-electron chi connectivity index (χ0n) is 14.5. The van der Waals surface area contributed by atoms with Crippen molar-refractivity contribution in [2.45, 2.75) is 13.3 Å². The van der Waals surface area contributed by atoms with Crippen molar-refractivity contribution in [1.82, 2.24) is 9.38 Å². The first-order valence-electron chi connectivity index (χ1n) is 8.26. The Morgan fingerprint density at radius 3 is 2.89 bits per heavy atom. The third kappa shape index (κ3) is 4.17. The molecule has 0 unspecified atom stereocenters. The molecule has 0 bridgehead atoms. The summed E-state index contributed by atoms with van der Waals surface area (Å²) in [6.45, 7) is 2.66. The molecule has 0 atom stereocenters. The van der Waals surface area contributed by atoms with Crippen LogP contribution in [0.25, 0.3) is 5.65 Å². The van der Waals surface area contributed by atoms with Gasteiger partial charge in [-0.2, -0.15) is 0 Å². The summed E-state index contributed by atoms with van der Waals surface area (Å²) in [5, 5.41) is 14.8. The topological polar surface area (TPSA) is 98.8 Å². The number of halogens is 1. The number of hydrogen-bond acceptors (Lipinski definition) is 6. The maximum absolute atomic E-state index is 12.3. The van der Waals surface area contributed by atoms with Crippen molar-refractivity contribution in [3.8, 4) is 5.75 Å². The molecule has 0 aliphatic rings. The maximum atomic E-state index is 12.3. The van der Waals surface area contributed by atoms with E-state index in [2.05, 4.69) is 10.3 Å². The van der Waals surface area contributed by atoms with E-state index in [1.807, 2.05) is 13.0 Å². The summed E-state index contributed by atoms with van der Waals surface area (Å²) in [6, 6.07) is 10.3. The van der Waals surface area contributed by atoms with Crippen LogP contribution in [0, 0.1) is 17.0 Å². The fraction of sp³-hybridized carbons (Fsp3) is 0.222. The first-order valence-corrected chi connectivity index (χ1v) is 8.64. The maximum Gasteiger partial charge on any atom is 0.376 e. The number of nitrogens with one attached hydrogen (secondary N) is 1. The van der Waals surface area contributed by atoms with Gasteiger partial charge in [0.1, 0.15) is 11.4 Å². The Morgan fingerprint density at radius 1 is 1.33 bits per heavy atom. The second-order valence-electron chi connectivity index (χ2n) is 5.84. The van der Waals surface area contributed by atoms with Gasteiger partial charge in [-0.3, -0.25) is 19.3 Å². The van der Waals surface area contributed by atoms with Crippen LogP contribution >= 0.6 is 11.6 Å². The summed E-state index contributed by atoms with van der Waals surface area (Å²) in [5.41, 5.74) is -0.0340. The minimum absolute atomic E-state index is 0.0427. The Hall–Kier alpha value is -3.13. The molecule has 2 aromatic heterocycles. The zero-order chi connectivity index (χ0) is 19.4. The number of benzene rings is 1. The molecule has 1 aromatic carbocycles. The molecule has 0 saturated heterocycles. The van der Waals surface area contributed by atoms with Crippen LogP contribution in [0.2, 0.25) is 5.02 Å². The first kappa shape index (κ1) is 18.7. The van der Waals surface area contributed by atoms with Gasteiger partial charge in [-0.25, -0.2) is 4.98 Å². The molecule has 0 amide bonds. The number of aryl methyl sites for hydroxylation is 1. The summed E-state index contributed by atoms with van der Waals surface area (Å²) in [5.74, 6) is 0.686. The minimum atomic E-state index is -0.721. The van der Waals surface area contributed by atoms with Crippen molar-refractivity contribution >= 4 is 28.8 Å². The highest BCUT2D eigenvalue weighted by atomic mass is 35.5. The molecule has 0 aliphatic heterocycles. The molecule has 2 heterocycles. The third-order valence-corrected chi connectivity index (χ3v) is 4.14. The number of nitrogens with zero attached hydrogens (tertiary/aromatic N) is 3. The lowest BCUT2D eigenvalue weighted by Gasteiger charge is -2.10. The number of ether oxygens (including phenoxy) is 1. The standard InChI is InChI=1S/C18H17ClN4O4/c1-12-11-13(19)6-7-14(12)27-10-4-8-20-17-16(23(25)26)18(24)22-9-3-2-5-15(22)21-17/h2-3,5-7,9,11,20H,4,8,10H2,1H3. The molecular weight excluding hydrogens is 372 g/mol. The quantitative estimate of drug-likeness (QED) is 0.378. The van der Waals surface area contributed by atoms with Gasteiger partial charge in [0.2, 0.25) is 5.82 Å². The lowest BCUT2D eigenvalue weighted by atomic mass is 10.2. The molecule has 0 spiro atoms. The summed E-state index contributed by atoms with van der Waals surface area (Å²) < 4.78 is 6.83. The van der Waals surface area contributed by atoms with Crippen LogP contribution in [0.3, 0.4) is 0 Å². The number of aromatic nitrogens is 2. The van der Waals surface area contributed by atoms with Crippen molar-refractivity contribution in [3.63, 3.8) is 0 Å². The van der Waals surface area contributed by atoms with Gasteiger partial charge in [-0.05, 0) is 49.2 Å². The number of hydrogen-bond donors (Lipinski definition) is 1. The second-order valence-corrected chi connectivity index (χ2v) is 6.28. The Kier molecular flexibility index (Phi) is 5.56. The van der Waals surface area contributed by atoms with Crippen molar-refractivity contribution < 1.29 is 9.66 Å². The Balaban J connectivity index is 1.67. The highest BCUT2D eigenvalue weighted by molar-refractivity contribution is 6.30. The second kappa shape index (κ2) is 8.05. The largest absolute Gasteiger partial charge is 0.493 e. The fourth-order valence-electron chi connectivity index (χ4n) is 2.60. The number of anilines is 1. The molecule has 3 rings (SSSR count). The smallest absolute Gasteiger partial charge is 0.376 e. The molecule has 1 N–H and O–H groups in total. The third-order valence-electron chi connectivity index (χ3n) is 3.90. The van der Waals surface area contributed by atoms with Crippen LogP contribution in [-0.4, -0.2) is 27.5 Å². The van der Waals surface area contributed by atoms with Gasteiger partial charge in [0.05, 0.1) is 11.5 Å². The lowest BCUT2D eigenvalue weighted by Crippen LogP contribution is -2.21. The average Bonchev–Trinajstić information content (AvgIpc) is 2.63. The Bertz CT molecular complexity index is 1050. The van der Waals surface area contributed by atoms with E-state index in [1.165, 1.54) is 6.20 Å². The Labute approximate surface area is 159 Å². The van der Waals surface area contributed by atoms with E-state index in [4.69, 9.17) is 16.3 Å². The number of rotatable bonds is 7. The summed E-state index contributed by atoms with van der Waals surface area (Å²) in [7, 11) is 0. The van der Waals surface area contributed by atoms with Gasteiger partial charge < -0.3 is 10.1 Å². The predicted octanol–water partition coefficient (Wildman–Crippen LogP) is 3.45. The number of pyridine rings is 1. The van der Waals surface area contributed by atoms with Crippen molar-refractivity contribution in [3.05, 3.63) is 73.6 Å². The molecule has 0 radical (unpaired) electrons. The van der Waals surface area contributed by atoms with Gasteiger partial charge >= 0.3 is 11.2 Å². The van der Waals surface area contributed by atoms with E-state index in [9.17, 15) is 14.9 Å². The highest BCUT2D eigenvalue weighted by Gasteiger charge is 2.23. The summed E-state index contributed by atoms with van der Waals surface area (Å²) in [4.78, 5) is 27.1. The normalized spacial score (nSPS) is 10.7. The van der Waals surface area contributed by atoms with Gasteiger partial charge in [-0.1, -0.05) is 17.7 Å². The molecule has 27 heavy (non-hydrogen) atoms. The molecule has 0 fully saturated rings. The van der Waals surface area contributed by atoms with E-state index >= 15 is 0 Å². The lowest BCUT2D eigenvalue weighted by molar-refractivity contribution is -0.385. The van der Waals surface area contributed by atoms with E-state index in [-0.39, 0.29) is 5.82 Å². The van der Waals surface area contributed by atoms with Crippen LogP contribution in [0.5, 0.6) is 5.75 Å². The monoisotopic (exact) mass is 388 g/mol. The fourth-order valence-corrected chi connectivity index (χ4v) is 2.83. The van der Waals surface area contributed by atoms with Crippen molar-refractivity contribution in [2.24, 2.45) is 0 Å². The van der Waals surface area contributed by atoms with Gasteiger partial charge in [0.25, 0.3) is 0 Å². The van der Waals surface area contributed by atoms with Gasteiger partial charge in [-0.15, -0.1) is 0 Å². The molecular formula is C18H17ClN4O4. The van der Waals surface area contributed by atoms with E-state index in [0.29, 0.717) is 30.2 Å². The zero-order valence-corrected chi connectivity index (χ0v) is 15.3. The first-order chi connectivity index (χ1) is 13.0. The Morgan fingerprint density at radius 2 is 2.15 bits per heavy atom. The predicted molar refractivity (Wildman–Crippen MR) is 103 cm³/mol. The van der Waals surface area contributed by atoms with E-state index in [1.54, 1.807) is 30.3 Å². The van der Waals surface area contributed by atoms with Crippen LogP contribution < -0.4 is 15.6 Å². The number of fused-ring (bicyclic) bond motifs is 1. The molecule has 9 heteroatoms. The van der Waals surface area contributed by atoms with Crippen molar-refractivity contribution in [2.75, 3.05) is 18.5 Å². The summed E-state index contributed by atoms with van der Waals surface area (Å²) in [6.07, 6.45) is 2.01. The van der Waals surface area contributed by atoms with Crippen LogP contribution in [0.15, 0.2) is 47.4 Å². The molecule has 3 aromatic rings. The molecule has 8 nitrogen and oxygen atoms in total. The molecule has 0 saturated carbocycles.